The largest absolute Gasteiger partial charge is 0.481 e. The van der Waals surface area contributed by atoms with Crippen LogP contribution < -0.4 is 5.32 Å². The molecular weight excluding hydrogens is 174 g/mol. The fourth-order valence-corrected chi connectivity index (χ4v) is 1.38. The maximum atomic E-state index is 10.1. The SMILES string of the molecule is C/C=C\NCCSCCC(=O)O. The molecule has 0 spiro atoms. The van der Waals surface area contributed by atoms with Crippen LogP contribution in [0.2, 0.25) is 0 Å². The van der Waals surface area contributed by atoms with Gasteiger partial charge in [-0.05, 0) is 13.1 Å². The number of hydrogen-bond donors (Lipinski definition) is 2. The van der Waals surface area contributed by atoms with Crippen LogP contribution in [-0.2, 0) is 4.79 Å². The summed E-state index contributed by atoms with van der Waals surface area (Å²) in [7, 11) is 0. The van der Waals surface area contributed by atoms with Crippen LogP contribution >= 0.6 is 11.8 Å². The van der Waals surface area contributed by atoms with Crippen molar-refractivity contribution in [2.24, 2.45) is 0 Å². The van der Waals surface area contributed by atoms with Gasteiger partial charge >= 0.3 is 5.97 Å². The first-order valence-electron chi connectivity index (χ1n) is 3.91. The summed E-state index contributed by atoms with van der Waals surface area (Å²) < 4.78 is 0. The van der Waals surface area contributed by atoms with Crippen molar-refractivity contribution in [3.05, 3.63) is 12.3 Å². The fraction of sp³-hybridized carbons (Fsp3) is 0.625. The van der Waals surface area contributed by atoms with E-state index in [0.29, 0.717) is 5.75 Å². The predicted octanol–water partition coefficient (Wildman–Crippen LogP) is 1.32. The van der Waals surface area contributed by atoms with Crippen LogP contribution in [0.4, 0.5) is 0 Å². The minimum absolute atomic E-state index is 0.258. The second kappa shape index (κ2) is 8.46. The molecule has 0 aromatic carbocycles. The molecule has 0 saturated heterocycles. The highest BCUT2D eigenvalue weighted by Crippen LogP contribution is 2.00. The van der Waals surface area contributed by atoms with Crippen LogP contribution in [0.3, 0.4) is 0 Å². The summed E-state index contributed by atoms with van der Waals surface area (Å²) in [6.45, 7) is 2.85. The first-order valence-corrected chi connectivity index (χ1v) is 5.07. The maximum Gasteiger partial charge on any atom is 0.304 e. The van der Waals surface area contributed by atoms with Crippen molar-refractivity contribution in [2.75, 3.05) is 18.1 Å². The maximum absolute atomic E-state index is 10.1. The molecule has 3 nitrogen and oxygen atoms in total. The summed E-state index contributed by atoms with van der Waals surface area (Å²) in [6, 6.07) is 0. The Bertz CT molecular complexity index is 148. The predicted molar refractivity (Wildman–Crippen MR) is 52.4 cm³/mol. The smallest absolute Gasteiger partial charge is 0.304 e. The Morgan fingerprint density at radius 1 is 1.58 bits per heavy atom. The van der Waals surface area contributed by atoms with Gasteiger partial charge in [0.05, 0.1) is 6.42 Å². The average molecular weight is 189 g/mol. The molecule has 0 bridgehead atoms. The van der Waals surface area contributed by atoms with E-state index in [-0.39, 0.29) is 6.42 Å². The zero-order chi connectivity index (χ0) is 9.23. The molecule has 0 aliphatic rings. The molecule has 0 aromatic heterocycles. The minimum Gasteiger partial charge on any atom is -0.481 e. The van der Waals surface area contributed by atoms with Crippen molar-refractivity contribution in [1.82, 2.24) is 5.32 Å². The topological polar surface area (TPSA) is 49.3 Å². The molecule has 2 N–H and O–H groups in total. The van der Waals surface area contributed by atoms with Gasteiger partial charge in [-0.25, -0.2) is 0 Å². The van der Waals surface area contributed by atoms with Gasteiger partial charge in [0.25, 0.3) is 0 Å². The lowest BCUT2D eigenvalue weighted by Gasteiger charge is -1.99. The lowest BCUT2D eigenvalue weighted by Crippen LogP contribution is -2.09. The zero-order valence-electron chi connectivity index (χ0n) is 7.25. The summed E-state index contributed by atoms with van der Waals surface area (Å²) in [4.78, 5) is 10.1. The molecule has 0 heterocycles. The van der Waals surface area contributed by atoms with Crippen molar-refractivity contribution >= 4 is 17.7 Å². The quantitative estimate of drug-likeness (QED) is 0.593. The van der Waals surface area contributed by atoms with Crippen LogP contribution in [0.5, 0.6) is 0 Å². The van der Waals surface area contributed by atoms with Crippen molar-refractivity contribution in [3.63, 3.8) is 0 Å². The van der Waals surface area contributed by atoms with Crippen molar-refractivity contribution < 1.29 is 9.90 Å². The van der Waals surface area contributed by atoms with Crippen LogP contribution in [0.25, 0.3) is 0 Å². The van der Waals surface area contributed by atoms with E-state index in [2.05, 4.69) is 5.32 Å². The normalized spacial score (nSPS) is 10.4. The minimum atomic E-state index is -0.719. The second-order valence-corrected chi connectivity index (χ2v) is 3.43. The number of carboxylic acid groups (broad SMARTS) is 1. The first kappa shape index (κ1) is 11.4. The molecule has 4 heteroatoms. The van der Waals surface area contributed by atoms with Crippen LogP contribution in [-0.4, -0.2) is 29.1 Å². The number of hydrogen-bond acceptors (Lipinski definition) is 3. The highest BCUT2D eigenvalue weighted by molar-refractivity contribution is 7.99. The molecule has 0 radical (unpaired) electrons. The van der Waals surface area contributed by atoms with E-state index in [0.717, 1.165) is 12.3 Å². The summed E-state index contributed by atoms with van der Waals surface area (Å²) in [5, 5.41) is 11.4. The van der Waals surface area contributed by atoms with Gasteiger partial charge in [0.2, 0.25) is 0 Å². The van der Waals surface area contributed by atoms with Crippen molar-refractivity contribution in [2.45, 2.75) is 13.3 Å². The van der Waals surface area contributed by atoms with Crippen LogP contribution in [0, 0.1) is 0 Å². The Balaban J connectivity index is 2.96. The molecule has 0 aliphatic heterocycles. The lowest BCUT2D eigenvalue weighted by atomic mass is 10.5. The van der Waals surface area contributed by atoms with Crippen molar-refractivity contribution in [1.29, 1.82) is 0 Å². The Kier molecular flexibility index (Phi) is 8.01. The lowest BCUT2D eigenvalue weighted by molar-refractivity contribution is -0.136. The van der Waals surface area contributed by atoms with Crippen molar-refractivity contribution in [3.8, 4) is 0 Å². The number of allylic oxidation sites excluding steroid dienone is 1. The standard InChI is InChI=1S/C8H15NO2S/c1-2-4-9-5-7-12-6-3-8(10)11/h2,4,9H,3,5-7H2,1H3,(H,10,11)/b4-2-. The third-order valence-electron chi connectivity index (χ3n) is 1.14. The number of nitrogens with one attached hydrogen (secondary N) is 1. The molecular formula is C8H15NO2S. The summed E-state index contributed by atoms with van der Waals surface area (Å²) in [5.74, 6) is 0.939. The van der Waals surface area contributed by atoms with E-state index in [1.54, 1.807) is 11.8 Å². The fourth-order valence-electron chi connectivity index (χ4n) is 0.594. The number of aliphatic carboxylic acids is 1. The number of carboxylic acids is 1. The van der Waals surface area contributed by atoms with Gasteiger partial charge in [-0.1, -0.05) is 6.08 Å². The highest BCUT2D eigenvalue weighted by Gasteiger charge is 1.95. The second-order valence-electron chi connectivity index (χ2n) is 2.21. The van der Waals surface area contributed by atoms with Gasteiger partial charge < -0.3 is 10.4 Å². The molecule has 0 amide bonds. The number of rotatable bonds is 7. The summed E-state index contributed by atoms with van der Waals surface area (Å²) in [6.07, 6.45) is 4.08. The Hall–Kier alpha value is -0.640. The molecule has 0 rings (SSSR count). The van der Waals surface area contributed by atoms with Gasteiger partial charge in [-0.15, -0.1) is 0 Å². The van der Waals surface area contributed by atoms with E-state index in [1.807, 2.05) is 19.2 Å². The number of thioether (sulfide) groups is 1. The molecule has 0 atom stereocenters. The van der Waals surface area contributed by atoms with Crippen LogP contribution in [0.15, 0.2) is 12.3 Å². The molecule has 12 heavy (non-hydrogen) atoms. The van der Waals surface area contributed by atoms with Gasteiger partial charge in [0, 0.05) is 18.1 Å². The number of carbonyl (C=O) groups is 1. The van der Waals surface area contributed by atoms with E-state index in [9.17, 15) is 4.79 Å². The van der Waals surface area contributed by atoms with E-state index < -0.39 is 5.97 Å². The average Bonchev–Trinajstić information content (AvgIpc) is 2.02. The summed E-state index contributed by atoms with van der Waals surface area (Å²) >= 11 is 1.65. The van der Waals surface area contributed by atoms with Gasteiger partial charge in [-0.3, -0.25) is 4.79 Å². The Morgan fingerprint density at radius 3 is 2.92 bits per heavy atom. The third-order valence-corrected chi connectivity index (χ3v) is 2.12. The van der Waals surface area contributed by atoms with E-state index in [4.69, 9.17) is 5.11 Å². The molecule has 0 aromatic rings. The molecule has 0 fully saturated rings. The first-order chi connectivity index (χ1) is 5.77. The zero-order valence-corrected chi connectivity index (χ0v) is 8.06. The van der Waals surface area contributed by atoms with E-state index in [1.165, 1.54) is 0 Å². The summed E-state index contributed by atoms with van der Waals surface area (Å²) in [5.41, 5.74) is 0. The Labute approximate surface area is 77.2 Å². The monoisotopic (exact) mass is 189 g/mol. The Morgan fingerprint density at radius 2 is 2.33 bits per heavy atom. The van der Waals surface area contributed by atoms with Gasteiger partial charge in [0.1, 0.15) is 0 Å². The van der Waals surface area contributed by atoms with Crippen LogP contribution in [0.1, 0.15) is 13.3 Å². The third kappa shape index (κ3) is 9.36. The molecule has 0 saturated carbocycles. The van der Waals surface area contributed by atoms with Gasteiger partial charge in [0.15, 0.2) is 0 Å². The molecule has 0 unspecified atom stereocenters. The molecule has 0 aliphatic carbocycles. The van der Waals surface area contributed by atoms with Gasteiger partial charge in [-0.2, -0.15) is 11.8 Å². The molecule has 70 valence electrons. The van der Waals surface area contributed by atoms with E-state index >= 15 is 0 Å². The highest BCUT2D eigenvalue weighted by atomic mass is 32.2.